The summed E-state index contributed by atoms with van der Waals surface area (Å²) in [5, 5.41) is 12.1. The molecule has 1 N–H and O–H groups in total. The van der Waals surface area contributed by atoms with Crippen LogP contribution < -0.4 is 4.74 Å². The Kier molecular flexibility index (Phi) is 20.3. The molecule has 10 atom stereocenters. The van der Waals surface area contributed by atoms with Crippen molar-refractivity contribution in [1.29, 1.82) is 5.41 Å². The maximum atomic E-state index is 12.9. The number of benzene rings is 1. The molecule has 0 saturated carbocycles. The fourth-order valence-corrected chi connectivity index (χ4v) is 6.08. The third-order valence-electron chi connectivity index (χ3n) is 8.74. The van der Waals surface area contributed by atoms with Crippen LogP contribution in [0.1, 0.15) is 65.4 Å². The topological polar surface area (TPSA) is 225 Å². The van der Waals surface area contributed by atoms with E-state index >= 15 is 0 Å². The Morgan fingerprint density at radius 2 is 1.47 bits per heavy atom. The number of halogens is 3. The first-order valence-electron chi connectivity index (χ1n) is 18.3. The molecule has 0 bridgehead atoms. The molecule has 18 nitrogen and oxygen atoms in total. The Labute approximate surface area is 346 Å². The zero-order valence-electron chi connectivity index (χ0n) is 32.6. The predicted molar refractivity (Wildman–Crippen MR) is 204 cm³/mol. The number of rotatable bonds is 21. The van der Waals surface area contributed by atoms with Gasteiger partial charge >= 0.3 is 17.9 Å². The van der Waals surface area contributed by atoms with E-state index in [9.17, 15) is 19.9 Å². The summed E-state index contributed by atoms with van der Waals surface area (Å²) in [4.78, 5) is 40.7. The van der Waals surface area contributed by atoms with E-state index in [-0.39, 0.29) is 26.2 Å². The number of methoxy groups -OCH3 is 2. The van der Waals surface area contributed by atoms with Gasteiger partial charge in [0.2, 0.25) is 12.2 Å². The molecule has 0 aromatic heterocycles. The lowest BCUT2D eigenvalue weighted by molar-refractivity contribution is -0.351. The molecule has 2 heterocycles. The molecule has 2 fully saturated rings. The van der Waals surface area contributed by atoms with Gasteiger partial charge in [-0.25, -0.2) is 0 Å². The summed E-state index contributed by atoms with van der Waals surface area (Å²) in [5.74, 6) is -2.28. The van der Waals surface area contributed by atoms with Gasteiger partial charge in [0.05, 0.1) is 27.2 Å². The minimum Gasteiger partial charge on any atom is -0.497 e. The van der Waals surface area contributed by atoms with Crippen molar-refractivity contribution >= 4 is 58.6 Å². The summed E-state index contributed by atoms with van der Waals surface area (Å²) in [6, 6.07) is 5.73. The molecule has 0 radical (unpaired) electrons. The number of unbranched alkanes of at least 4 members (excludes halogenated alkanes) is 2. The Hall–Kier alpha value is -3.16. The van der Waals surface area contributed by atoms with Gasteiger partial charge in [-0.2, -0.15) is 0 Å². The number of nitrogens with zero attached hydrogens (tertiary/aromatic N) is 3. The molecule has 0 spiro atoms. The van der Waals surface area contributed by atoms with E-state index < -0.39 is 95.6 Å². The second kappa shape index (κ2) is 24.1. The van der Waals surface area contributed by atoms with E-state index in [4.69, 9.17) is 92.3 Å². The summed E-state index contributed by atoms with van der Waals surface area (Å²) in [6.45, 7) is 6.14. The third-order valence-corrected chi connectivity index (χ3v) is 9.25. The first-order chi connectivity index (χ1) is 27.2. The quantitative estimate of drug-likeness (QED) is 0.0175. The van der Waals surface area contributed by atoms with Crippen LogP contribution in [0.25, 0.3) is 10.4 Å². The van der Waals surface area contributed by atoms with Gasteiger partial charge in [0.1, 0.15) is 55.0 Å². The maximum absolute atomic E-state index is 12.9. The second-order valence-electron chi connectivity index (χ2n) is 13.0. The van der Waals surface area contributed by atoms with E-state index in [0.717, 1.165) is 12.0 Å². The number of hydrogen-bond donors (Lipinski definition) is 1. The lowest BCUT2D eigenvalue weighted by Crippen LogP contribution is -2.66. The molecular formula is C36H51Cl3N4O14. The average Bonchev–Trinajstić information content (AvgIpc) is 3.16. The minimum absolute atomic E-state index is 0.0361. The molecule has 0 amide bonds. The number of esters is 3. The molecule has 2 aliphatic rings. The number of carbonyl (C=O) groups excluding carboxylic acids is 3. The van der Waals surface area contributed by atoms with Crippen molar-refractivity contribution < 1.29 is 66.5 Å². The fourth-order valence-electron chi connectivity index (χ4n) is 5.95. The van der Waals surface area contributed by atoms with E-state index in [1.54, 1.807) is 31.4 Å². The first kappa shape index (κ1) is 48.2. The Balaban J connectivity index is 2.15. The van der Waals surface area contributed by atoms with Gasteiger partial charge < -0.3 is 52.1 Å². The summed E-state index contributed by atoms with van der Waals surface area (Å²) in [6.07, 6.45) is -9.30. The summed E-state index contributed by atoms with van der Waals surface area (Å²) in [5.41, 5.74) is 10.4. The summed E-state index contributed by atoms with van der Waals surface area (Å²) >= 11 is 17.7. The van der Waals surface area contributed by atoms with Gasteiger partial charge in [0.15, 0.2) is 12.4 Å². The highest BCUT2D eigenvalue weighted by atomic mass is 35.6. The number of alkyl halides is 3. The molecule has 21 heteroatoms. The number of nitrogens with one attached hydrogen (secondary N) is 1. The van der Waals surface area contributed by atoms with Crippen molar-refractivity contribution in [2.75, 3.05) is 34.0 Å². The highest BCUT2D eigenvalue weighted by Gasteiger charge is 2.55. The van der Waals surface area contributed by atoms with Gasteiger partial charge in [-0.05, 0) is 36.1 Å². The minimum atomic E-state index is -2.33. The van der Waals surface area contributed by atoms with Crippen LogP contribution in [-0.2, 0) is 68.4 Å². The van der Waals surface area contributed by atoms with Crippen molar-refractivity contribution in [1.82, 2.24) is 0 Å². The molecule has 10 unspecified atom stereocenters. The maximum Gasteiger partial charge on any atom is 0.308 e. The van der Waals surface area contributed by atoms with Crippen LogP contribution in [0.5, 0.6) is 5.75 Å². The predicted octanol–water partition coefficient (Wildman–Crippen LogP) is 5.89. The normalized spacial score (nSPS) is 27.4. The van der Waals surface area contributed by atoms with E-state index in [0.29, 0.717) is 25.0 Å². The zero-order chi connectivity index (χ0) is 42.1. The van der Waals surface area contributed by atoms with Crippen molar-refractivity contribution in [2.45, 2.75) is 132 Å². The smallest absolute Gasteiger partial charge is 0.308 e. The van der Waals surface area contributed by atoms with Crippen molar-refractivity contribution in [3.05, 3.63) is 40.3 Å². The van der Waals surface area contributed by atoms with Gasteiger partial charge in [0, 0.05) is 32.0 Å². The van der Waals surface area contributed by atoms with Crippen molar-refractivity contribution in [2.24, 2.45) is 5.11 Å². The fraction of sp³-hybridized carbons (Fsp3) is 0.722. The number of ether oxygens (including phenoxy) is 11. The van der Waals surface area contributed by atoms with Crippen LogP contribution >= 0.6 is 34.8 Å². The van der Waals surface area contributed by atoms with Gasteiger partial charge in [-0.3, -0.25) is 19.8 Å². The standard InChI is InChI=1S/C36H51Cl3N4O14/c1-7-9-15-49-30-27(42-43-41)33(57-35(40)36(37,38)39)55-25(19-51-20(3)44)29(30)56-34-32(53-21(4)45)31(50-16-10-8-2)28(24(54-34)17-26(46)48-6)52-18-22-11-13-23(47-5)14-12-22/h11-14,24-25,27-34,40H,7-10,15-19H2,1-6H3. The Morgan fingerprint density at radius 1 is 0.842 bits per heavy atom. The van der Waals surface area contributed by atoms with Crippen LogP contribution in [0.2, 0.25) is 0 Å². The monoisotopic (exact) mass is 868 g/mol. The van der Waals surface area contributed by atoms with Gasteiger partial charge in [0.25, 0.3) is 3.79 Å². The highest BCUT2D eigenvalue weighted by Crippen LogP contribution is 2.38. The van der Waals surface area contributed by atoms with E-state index in [2.05, 4.69) is 10.0 Å². The molecule has 1 aromatic carbocycles. The van der Waals surface area contributed by atoms with Crippen LogP contribution in [0.15, 0.2) is 29.4 Å². The molecule has 320 valence electrons. The molecule has 0 aliphatic carbocycles. The highest BCUT2D eigenvalue weighted by molar-refractivity contribution is 6.76. The summed E-state index contributed by atoms with van der Waals surface area (Å²) in [7, 11) is 2.77. The van der Waals surface area contributed by atoms with E-state index in [1.807, 2.05) is 13.8 Å². The Bertz CT molecular complexity index is 1500. The van der Waals surface area contributed by atoms with E-state index in [1.165, 1.54) is 21.0 Å². The van der Waals surface area contributed by atoms with Gasteiger partial charge in [-0.15, -0.1) is 0 Å². The number of hydrogen-bond acceptors (Lipinski definition) is 16. The molecule has 2 saturated heterocycles. The van der Waals surface area contributed by atoms with Crippen molar-refractivity contribution in [3.63, 3.8) is 0 Å². The average molecular weight is 870 g/mol. The molecule has 2 aliphatic heterocycles. The SMILES string of the molecule is CCCCOC1C(N=[N+]=[N-])C(OC(=N)C(Cl)(Cl)Cl)OC(COC(C)=O)C1OC1OC(CC(=O)OC)C(OCc2ccc(OC)cc2)C(OCCCC)C1OC(C)=O. The Morgan fingerprint density at radius 3 is 2.02 bits per heavy atom. The van der Waals surface area contributed by atoms with Crippen LogP contribution in [0, 0.1) is 5.41 Å². The zero-order valence-corrected chi connectivity index (χ0v) is 34.9. The lowest BCUT2D eigenvalue weighted by atomic mass is 9.94. The lowest BCUT2D eigenvalue weighted by Gasteiger charge is -2.49. The molecule has 57 heavy (non-hydrogen) atoms. The number of azide groups is 1. The molecule has 3 rings (SSSR count). The largest absolute Gasteiger partial charge is 0.497 e. The second-order valence-corrected chi connectivity index (χ2v) is 15.3. The third kappa shape index (κ3) is 14.9. The first-order valence-corrected chi connectivity index (χ1v) is 19.5. The molecular weight excluding hydrogens is 819 g/mol. The van der Waals surface area contributed by atoms with Crippen LogP contribution in [0.4, 0.5) is 0 Å². The van der Waals surface area contributed by atoms with Crippen molar-refractivity contribution in [3.8, 4) is 5.75 Å². The van der Waals surface area contributed by atoms with Crippen LogP contribution in [0.3, 0.4) is 0 Å². The summed E-state index contributed by atoms with van der Waals surface area (Å²) < 4.78 is 63.0. The van der Waals surface area contributed by atoms with Crippen LogP contribution in [-0.4, -0.2) is 123 Å². The number of carbonyl (C=O) groups is 3. The van der Waals surface area contributed by atoms with Gasteiger partial charge in [-0.1, -0.05) is 78.7 Å². The molecule has 1 aromatic rings.